The normalized spacial score (nSPS) is 20.8. The summed E-state index contributed by atoms with van der Waals surface area (Å²) in [5.74, 6) is -1.80. The maximum Gasteiger partial charge on any atom is 0.326 e. The minimum Gasteiger partial charge on any atom is -0.459 e. The third-order valence-electron chi connectivity index (χ3n) is 3.58. The van der Waals surface area contributed by atoms with Crippen molar-refractivity contribution in [2.45, 2.75) is 45.6 Å². The Hall–Kier alpha value is -2.10. The number of rotatable bonds is 3. The molecule has 0 aliphatic carbocycles. The Labute approximate surface area is 131 Å². The van der Waals surface area contributed by atoms with E-state index >= 15 is 0 Å². The van der Waals surface area contributed by atoms with E-state index in [4.69, 9.17) is 9.47 Å². The smallest absolute Gasteiger partial charge is 0.326 e. The number of carbonyl (C=O) groups excluding carboxylic acids is 2. The Morgan fingerprint density at radius 1 is 1.41 bits per heavy atom. The molecule has 4 heteroatoms. The average Bonchev–Trinajstić information content (AvgIpc) is 2.38. The fraction of sp³-hybridized carbons (Fsp3) is 0.444. The molecule has 2 atom stereocenters. The van der Waals surface area contributed by atoms with Crippen LogP contribution in [0.4, 0.5) is 0 Å². The summed E-state index contributed by atoms with van der Waals surface area (Å²) in [7, 11) is 0. The molecular weight excluding hydrogens is 280 g/mol. The van der Waals surface area contributed by atoms with Gasteiger partial charge in [-0.05, 0) is 39.7 Å². The highest BCUT2D eigenvalue weighted by molar-refractivity contribution is 5.98. The molecule has 118 valence electrons. The van der Waals surface area contributed by atoms with Crippen molar-refractivity contribution in [1.82, 2.24) is 0 Å². The Morgan fingerprint density at radius 3 is 2.68 bits per heavy atom. The van der Waals surface area contributed by atoms with E-state index in [1.54, 1.807) is 26.8 Å². The lowest BCUT2D eigenvalue weighted by atomic mass is 9.80. The van der Waals surface area contributed by atoms with Gasteiger partial charge in [0.05, 0.1) is 0 Å². The molecule has 0 radical (unpaired) electrons. The average molecular weight is 302 g/mol. The first-order valence-corrected chi connectivity index (χ1v) is 7.39. The third-order valence-corrected chi connectivity index (χ3v) is 3.58. The predicted molar refractivity (Wildman–Crippen MR) is 83.7 cm³/mol. The number of esters is 2. The van der Waals surface area contributed by atoms with Crippen LogP contribution in [0.25, 0.3) is 0 Å². The van der Waals surface area contributed by atoms with Crippen LogP contribution in [0.2, 0.25) is 0 Å². The van der Waals surface area contributed by atoms with E-state index in [-0.39, 0.29) is 5.92 Å². The van der Waals surface area contributed by atoms with E-state index in [2.05, 4.69) is 6.58 Å². The highest BCUT2D eigenvalue weighted by atomic mass is 16.6. The fourth-order valence-electron chi connectivity index (χ4n) is 2.68. The van der Waals surface area contributed by atoms with Gasteiger partial charge in [-0.25, -0.2) is 0 Å². The Kier molecular flexibility index (Phi) is 4.40. The highest BCUT2D eigenvalue weighted by Gasteiger charge is 2.44. The summed E-state index contributed by atoms with van der Waals surface area (Å²) in [5, 5.41) is 0. The van der Waals surface area contributed by atoms with Gasteiger partial charge in [0.15, 0.2) is 5.92 Å². The number of hydrogen-bond acceptors (Lipinski definition) is 4. The van der Waals surface area contributed by atoms with Gasteiger partial charge in [0.2, 0.25) is 0 Å². The SMILES string of the molecule is C=CC[C@@H]1c2cccc(C)c2OC(=O)[C@H]1C(=O)OC(C)(C)C. The number of allylic oxidation sites excluding steroid dienone is 1. The highest BCUT2D eigenvalue weighted by Crippen LogP contribution is 2.42. The molecule has 0 bridgehead atoms. The monoisotopic (exact) mass is 302 g/mol. The molecule has 0 amide bonds. The Bertz CT molecular complexity index is 610. The molecule has 1 aromatic rings. The van der Waals surface area contributed by atoms with Gasteiger partial charge < -0.3 is 9.47 Å². The van der Waals surface area contributed by atoms with E-state index < -0.39 is 23.5 Å². The lowest BCUT2D eigenvalue weighted by Crippen LogP contribution is -2.41. The molecule has 0 unspecified atom stereocenters. The fourth-order valence-corrected chi connectivity index (χ4v) is 2.68. The molecular formula is C18H22O4. The number of hydrogen-bond donors (Lipinski definition) is 0. The van der Waals surface area contributed by atoms with Crippen LogP contribution in [0.1, 0.15) is 44.2 Å². The van der Waals surface area contributed by atoms with E-state index in [9.17, 15) is 9.59 Å². The number of benzene rings is 1. The molecule has 0 saturated carbocycles. The molecule has 0 fully saturated rings. The van der Waals surface area contributed by atoms with Gasteiger partial charge >= 0.3 is 11.9 Å². The molecule has 2 rings (SSSR count). The second-order valence-corrected chi connectivity index (χ2v) is 6.56. The zero-order valence-corrected chi connectivity index (χ0v) is 13.5. The van der Waals surface area contributed by atoms with Gasteiger partial charge in [-0.2, -0.15) is 0 Å². The van der Waals surface area contributed by atoms with Crippen molar-refractivity contribution in [3.05, 3.63) is 42.0 Å². The first-order chi connectivity index (χ1) is 10.2. The molecule has 1 aliphatic heterocycles. The maximum absolute atomic E-state index is 12.4. The first kappa shape index (κ1) is 16.3. The van der Waals surface area contributed by atoms with Crippen LogP contribution in [-0.2, 0) is 14.3 Å². The summed E-state index contributed by atoms with van der Waals surface area (Å²) in [4.78, 5) is 24.8. The van der Waals surface area contributed by atoms with E-state index in [0.29, 0.717) is 12.2 Å². The van der Waals surface area contributed by atoms with Gasteiger partial charge in [0.1, 0.15) is 11.4 Å². The van der Waals surface area contributed by atoms with Crippen LogP contribution in [0, 0.1) is 12.8 Å². The summed E-state index contributed by atoms with van der Waals surface area (Å²) in [5.41, 5.74) is 1.08. The molecule has 1 heterocycles. The van der Waals surface area contributed by atoms with Crippen molar-refractivity contribution < 1.29 is 19.1 Å². The standard InChI is InChI=1S/C18H22O4/c1-6-8-12-13-10-7-9-11(2)15(13)21-16(19)14(12)17(20)22-18(3,4)5/h6-7,9-10,12,14H,1,8H2,2-5H3/t12-,14+/m1/s1. The number of para-hydroxylation sites is 1. The van der Waals surface area contributed by atoms with Crippen molar-refractivity contribution in [2.75, 3.05) is 0 Å². The zero-order chi connectivity index (χ0) is 16.5. The van der Waals surface area contributed by atoms with Gasteiger partial charge in [-0.15, -0.1) is 6.58 Å². The van der Waals surface area contributed by atoms with Crippen molar-refractivity contribution in [2.24, 2.45) is 5.92 Å². The zero-order valence-electron chi connectivity index (χ0n) is 13.5. The van der Waals surface area contributed by atoms with Crippen LogP contribution >= 0.6 is 0 Å². The molecule has 0 N–H and O–H groups in total. The minimum atomic E-state index is -0.952. The van der Waals surface area contributed by atoms with Gasteiger partial charge in [0, 0.05) is 11.5 Å². The van der Waals surface area contributed by atoms with E-state index in [1.807, 2.05) is 25.1 Å². The topological polar surface area (TPSA) is 52.6 Å². The number of ether oxygens (including phenoxy) is 2. The van der Waals surface area contributed by atoms with Crippen molar-refractivity contribution >= 4 is 11.9 Å². The number of fused-ring (bicyclic) bond motifs is 1. The minimum absolute atomic E-state index is 0.302. The van der Waals surface area contributed by atoms with Gasteiger partial charge in [0.25, 0.3) is 0 Å². The summed E-state index contributed by atoms with van der Waals surface area (Å²) < 4.78 is 10.8. The molecule has 1 aliphatic rings. The van der Waals surface area contributed by atoms with E-state index in [1.165, 1.54) is 0 Å². The summed E-state index contributed by atoms with van der Waals surface area (Å²) in [6, 6.07) is 5.67. The third kappa shape index (κ3) is 3.21. The Morgan fingerprint density at radius 2 is 2.09 bits per heavy atom. The van der Waals surface area contributed by atoms with Crippen LogP contribution in [0.3, 0.4) is 0 Å². The second-order valence-electron chi connectivity index (χ2n) is 6.56. The van der Waals surface area contributed by atoms with Gasteiger partial charge in [-0.3, -0.25) is 9.59 Å². The summed E-state index contributed by atoms with van der Waals surface area (Å²) in [6.45, 7) is 11.0. The molecule has 0 aromatic heterocycles. The molecule has 1 aromatic carbocycles. The van der Waals surface area contributed by atoms with Crippen LogP contribution in [-0.4, -0.2) is 17.5 Å². The number of carbonyl (C=O) groups is 2. The molecule has 22 heavy (non-hydrogen) atoms. The predicted octanol–water partition coefficient (Wildman–Crippen LogP) is 3.53. The van der Waals surface area contributed by atoms with Crippen molar-refractivity contribution in [3.63, 3.8) is 0 Å². The van der Waals surface area contributed by atoms with Crippen LogP contribution in [0.15, 0.2) is 30.9 Å². The molecule has 4 nitrogen and oxygen atoms in total. The summed E-state index contributed by atoms with van der Waals surface area (Å²) >= 11 is 0. The van der Waals surface area contributed by atoms with Gasteiger partial charge in [-0.1, -0.05) is 24.3 Å². The van der Waals surface area contributed by atoms with Crippen molar-refractivity contribution in [1.29, 1.82) is 0 Å². The van der Waals surface area contributed by atoms with Crippen LogP contribution in [0.5, 0.6) is 5.75 Å². The molecule has 0 saturated heterocycles. The summed E-state index contributed by atoms with van der Waals surface area (Å²) in [6.07, 6.45) is 2.22. The number of aryl methyl sites for hydroxylation is 1. The van der Waals surface area contributed by atoms with E-state index in [0.717, 1.165) is 11.1 Å². The maximum atomic E-state index is 12.4. The first-order valence-electron chi connectivity index (χ1n) is 7.39. The van der Waals surface area contributed by atoms with Crippen molar-refractivity contribution in [3.8, 4) is 5.75 Å². The quantitative estimate of drug-likeness (QED) is 0.371. The van der Waals surface area contributed by atoms with Crippen LogP contribution < -0.4 is 4.74 Å². The largest absolute Gasteiger partial charge is 0.459 e. The molecule has 0 spiro atoms. The second kappa shape index (κ2) is 5.95. The lowest BCUT2D eigenvalue weighted by molar-refractivity contribution is -0.168. The Balaban J connectivity index is 2.43. The lowest BCUT2D eigenvalue weighted by Gasteiger charge is -2.32.